The number of anilines is 1. The van der Waals surface area contributed by atoms with E-state index in [4.69, 9.17) is 10.00 Å². The molecule has 1 N–H and O–H groups in total. The SMILES string of the molecule is CC(=O)Oc1ccc(N2C(=O)C[C@@H](SC(=Nc3ccccc3)NC#N)C2=O)cc1. The fourth-order valence-electron chi connectivity index (χ4n) is 2.68. The molecule has 0 radical (unpaired) electrons. The van der Waals surface area contributed by atoms with E-state index in [2.05, 4.69) is 10.3 Å². The van der Waals surface area contributed by atoms with Crippen molar-refractivity contribution in [2.45, 2.75) is 18.6 Å². The number of carbonyl (C=O) groups excluding carboxylic acids is 3. The number of esters is 1. The zero-order chi connectivity index (χ0) is 20.8. The van der Waals surface area contributed by atoms with Gasteiger partial charge in [0, 0.05) is 13.3 Å². The quantitative estimate of drug-likeness (QED) is 0.157. The molecule has 2 aromatic carbocycles. The van der Waals surface area contributed by atoms with E-state index in [0.717, 1.165) is 16.7 Å². The van der Waals surface area contributed by atoms with Crippen molar-refractivity contribution in [2.24, 2.45) is 4.99 Å². The number of ether oxygens (including phenoxy) is 1. The summed E-state index contributed by atoms with van der Waals surface area (Å²) >= 11 is 1.03. The summed E-state index contributed by atoms with van der Waals surface area (Å²) in [5.74, 6) is -0.899. The molecule has 1 saturated heterocycles. The molecule has 1 aliphatic heterocycles. The summed E-state index contributed by atoms with van der Waals surface area (Å²) in [5, 5.41) is 11.0. The molecule has 1 fully saturated rings. The highest BCUT2D eigenvalue weighted by atomic mass is 32.2. The highest BCUT2D eigenvalue weighted by Gasteiger charge is 2.40. The van der Waals surface area contributed by atoms with Gasteiger partial charge in [0.15, 0.2) is 11.4 Å². The van der Waals surface area contributed by atoms with Crippen molar-refractivity contribution in [3.8, 4) is 11.9 Å². The van der Waals surface area contributed by atoms with Gasteiger partial charge in [0.25, 0.3) is 0 Å². The number of benzene rings is 2. The summed E-state index contributed by atoms with van der Waals surface area (Å²) in [6.45, 7) is 1.28. The largest absolute Gasteiger partial charge is 0.427 e. The zero-order valence-electron chi connectivity index (χ0n) is 15.4. The van der Waals surface area contributed by atoms with E-state index in [1.165, 1.54) is 31.2 Å². The van der Waals surface area contributed by atoms with Gasteiger partial charge in [-0.2, -0.15) is 5.26 Å². The predicted molar refractivity (Wildman–Crippen MR) is 109 cm³/mol. The summed E-state index contributed by atoms with van der Waals surface area (Å²) in [6, 6.07) is 15.1. The number of rotatable bonds is 4. The van der Waals surface area contributed by atoms with E-state index in [9.17, 15) is 14.4 Å². The van der Waals surface area contributed by atoms with E-state index in [1.54, 1.807) is 30.5 Å². The van der Waals surface area contributed by atoms with Crippen LogP contribution in [-0.4, -0.2) is 28.2 Å². The molecule has 3 rings (SSSR count). The molecule has 8 nitrogen and oxygen atoms in total. The second-order valence-electron chi connectivity index (χ2n) is 5.95. The first-order valence-corrected chi connectivity index (χ1v) is 9.46. The molecule has 1 heterocycles. The zero-order valence-corrected chi connectivity index (χ0v) is 16.2. The highest BCUT2D eigenvalue weighted by Crippen LogP contribution is 2.31. The number of nitrogens with one attached hydrogen (secondary N) is 1. The first-order valence-electron chi connectivity index (χ1n) is 8.58. The van der Waals surface area contributed by atoms with Gasteiger partial charge in [-0.15, -0.1) is 0 Å². The number of hydrogen-bond donors (Lipinski definition) is 1. The van der Waals surface area contributed by atoms with Gasteiger partial charge in [0.05, 0.1) is 11.4 Å². The Balaban J connectivity index is 1.76. The molecular formula is C20H16N4O4S. The molecule has 2 aromatic rings. The first-order chi connectivity index (χ1) is 14.0. The fraction of sp³-hybridized carbons (Fsp3) is 0.150. The lowest BCUT2D eigenvalue weighted by Crippen LogP contribution is -2.32. The minimum atomic E-state index is -0.709. The topological polar surface area (TPSA) is 112 Å². The average molecular weight is 408 g/mol. The summed E-state index contributed by atoms with van der Waals surface area (Å²) in [7, 11) is 0. The third-order valence-corrected chi connectivity index (χ3v) is 4.93. The molecule has 0 spiro atoms. The van der Waals surface area contributed by atoms with Crippen LogP contribution in [0.25, 0.3) is 0 Å². The molecule has 0 bridgehead atoms. The summed E-state index contributed by atoms with van der Waals surface area (Å²) in [6.07, 6.45) is 1.78. The Bertz CT molecular complexity index is 999. The Kier molecular flexibility index (Phi) is 6.26. The summed E-state index contributed by atoms with van der Waals surface area (Å²) in [4.78, 5) is 41.7. The molecule has 9 heteroatoms. The molecule has 0 unspecified atom stereocenters. The van der Waals surface area contributed by atoms with Gasteiger partial charge in [-0.05, 0) is 36.4 Å². The van der Waals surface area contributed by atoms with Crippen LogP contribution in [0.4, 0.5) is 11.4 Å². The van der Waals surface area contributed by atoms with Crippen LogP contribution in [0.15, 0.2) is 59.6 Å². The molecule has 2 amide bonds. The molecule has 29 heavy (non-hydrogen) atoms. The summed E-state index contributed by atoms with van der Waals surface area (Å²) < 4.78 is 4.96. The van der Waals surface area contributed by atoms with Gasteiger partial charge in [-0.25, -0.2) is 9.89 Å². The highest BCUT2D eigenvalue weighted by molar-refractivity contribution is 8.15. The number of aliphatic imine (C=N–C) groups is 1. The van der Waals surface area contributed by atoms with E-state index in [1.807, 2.05) is 6.07 Å². The summed E-state index contributed by atoms with van der Waals surface area (Å²) in [5.41, 5.74) is 1.00. The van der Waals surface area contributed by atoms with Gasteiger partial charge in [0.1, 0.15) is 11.0 Å². The van der Waals surface area contributed by atoms with E-state index in [-0.39, 0.29) is 17.5 Å². The maximum absolute atomic E-state index is 12.8. The Morgan fingerprint density at radius 1 is 1.21 bits per heavy atom. The van der Waals surface area contributed by atoms with Gasteiger partial charge >= 0.3 is 5.97 Å². The van der Waals surface area contributed by atoms with Crippen LogP contribution in [-0.2, 0) is 14.4 Å². The lowest BCUT2D eigenvalue weighted by atomic mass is 10.3. The Morgan fingerprint density at radius 3 is 2.52 bits per heavy atom. The third kappa shape index (κ3) is 5.00. The predicted octanol–water partition coefficient (Wildman–Crippen LogP) is 2.74. The number of thioether (sulfide) groups is 1. The smallest absolute Gasteiger partial charge is 0.308 e. The lowest BCUT2D eigenvalue weighted by molar-refractivity contribution is -0.132. The second-order valence-corrected chi connectivity index (χ2v) is 7.15. The molecule has 0 aromatic heterocycles. The van der Waals surface area contributed by atoms with Crippen LogP contribution in [0.1, 0.15) is 13.3 Å². The van der Waals surface area contributed by atoms with Gasteiger partial charge < -0.3 is 4.74 Å². The average Bonchev–Trinajstić information content (AvgIpc) is 2.96. The standard InChI is InChI=1S/C20H16N4O4S/c1-13(25)28-16-9-7-15(8-10-16)24-18(26)11-17(19(24)27)29-20(22-12-21)23-14-5-3-2-4-6-14/h2-10,17H,11H2,1H3,(H,22,23)/t17-/m1/s1. The minimum absolute atomic E-state index is 0.0177. The number of imide groups is 1. The maximum atomic E-state index is 12.8. The van der Waals surface area contributed by atoms with Crippen molar-refractivity contribution >= 4 is 46.1 Å². The van der Waals surface area contributed by atoms with Gasteiger partial charge in [0.2, 0.25) is 11.8 Å². The molecular weight excluding hydrogens is 392 g/mol. The van der Waals surface area contributed by atoms with Crippen molar-refractivity contribution in [3.05, 3.63) is 54.6 Å². The molecule has 0 saturated carbocycles. The fourth-order valence-corrected chi connectivity index (χ4v) is 3.65. The number of nitriles is 1. The van der Waals surface area contributed by atoms with Crippen molar-refractivity contribution < 1.29 is 19.1 Å². The Hall–Kier alpha value is -3.64. The second kappa shape index (κ2) is 9.03. The molecule has 1 aliphatic rings. The normalized spacial score (nSPS) is 16.5. The van der Waals surface area contributed by atoms with E-state index < -0.39 is 17.1 Å². The Morgan fingerprint density at radius 2 is 1.90 bits per heavy atom. The van der Waals surface area contributed by atoms with Crippen LogP contribution in [0.5, 0.6) is 5.75 Å². The Labute approximate surface area is 171 Å². The van der Waals surface area contributed by atoms with Crippen LogP contribution in [0.3, 0.4) is 0 Å². The first kappa shape index (κ1) is 20.1. The number of carbonyl (C=O) groups is 3. The van der Waals surface area contributed by atoms with E-state index >= 15 is 0 Å². The van der Waals surface area contributed by atoms with Crippen LogP contribution in [0, 0.1) is 11.5 Å². The van der Waals surface area contributed by atoms with Crippen LogP contribution < -0.4 is 15.0 Å². The number of para-hydroxylation sites is 1. The lowest BCUT2D eigenvalue weighted by Gasteiger charge is -2.15. The van der Waals surface area contributed by atoms with Crippen LogP contribution in [0.2, 0.25) is 0 Å². The molecule has 1 atom stereocenters. The van der Waals surface area contributed by atoms with E-state index in [0.29, 0.717) is 17.1 Å². The van der Waals surface area contributed by atoms with Crippen molar-refractivity contribution in [1.29, 1.82) is 5.26 Å². The monoisotopic (exact) mass is 408 g/mol. The number of amidine groups is 1. The molecule has 146 valence electrons. The minimum Gasteiger partial charge on any atom is -0.427 e. The van der Waals surface area contributed by atoms with Crippen molar-refractivity contribution in [3.63, 3.8) is 0 Å². The maximum Gasteiger partial charge on any atom is 0.308 e. The van der Waals surface area contributed by atoms with Crippen molar-refractivity contribution in [2.75, 3.05) is 4.90 Å². The van der Waals surface area contributed by atoms with Crippen LogP contribution >= 0.6 is 11.8 Å². The van der Waals surface area contributed by atoms with Gasteiger partial charge in [-0.3, -0.25) is 19.7 Å². The van der Waals surface area contributed by atoms with Crippen molar-refractivity contribution in [1.82, 2.24) is 5.32 Å². The number of nitrogens with zero attached hydrogens (tertiary/aromatic N) is 3. The number of amides is 2. The van der Waals surface area contributed by atoms with Gasteiger partial charge in [-0.1, -0.05) is 30.0 Å². The molecule has 0 aliphatic carbocycles. The number of hydrogen-bond acceptors (Lipinski definition) is 7. The third-order valence-electron chi connectivity index (χ3n) is 3.87.